The monoisotopic (exact) mass is 269 g/mol. The SMILES string of the molecule is [C-]#[N+]c1cc(C)cc(NC2(C)CCN(C(=O)C=C)C2)c1. The van der Waals surface area contributed by atoms with Crippen LogP contribution in [0.2, 0.25) is 0 Å². The minimum atomic E-state index is -0.161. The standard InChI is InChI=1S/C16H19N3O/c1-5-15(20)19-7-6-16(3,11-19)18-14-9-12(2)8-13(10-14)17-4/h5,8-10,18H,1,6-7,11H2,2-3H3. The lowest BCUT2D eigenvalue weighted by atomic mass is 10.0. The first-order chi connectivity index (χ1) is 9.45. The van der Waals surface area contributed by atoms with Crippen LogP contribution in [0.15, 0.2) is 30.9 Å². The summed E-state index contributed by atoms with van der Waals surface area (Å²) in [5, 5.41) is 3.47. The minimum Gasteiger partial charge on any atom is -0.379 e. The minimum absolute atomic E-state index is 0.0263. The average Bonchev–Trinajstić information content (AvgIpc) is 2.79. The number of hydrogen-bond donors (Lipinski definition) is 1. The highest BCUT2D eigenvalue weighted by molar-refractivity contribution is 5.87. The molecule has 1 fully saturated rings. The molecule has 1 aromatic carbocycles. The van der Waals surface area contributed by atoms with E-state index in [0.717, 1.165) is 24.2 Å². The van der Waals surface area contributed by atoms with Crippen molar-refractivity contribution in [2.75, 3.05) is 18.4 Å². The Kier molecular flexibility index (Phi) is 3.80. The van der Waals surface area contributed by atoms with Gasteiger partial charge in [0.1, 0.15) is 0 Å². The molecular formula is C16H19N3O. The number of rotatable bonds is 3. The highest BCUT2D eigenvalue weighted by atomic mass is 16.2. The number of hydrogen-bond acceptors (Lipinski definition) is 2. The fourth-order valence-electron chi connectivity index (χ4n) is 2.63. The van der Waals surface area contributed by atoms with Gasteiger partial charge < -0.3 is 10.2 Å². The normalized spacial score (nSPS) is 21.4. The molecule has 104 valence electrons. The van der Waals surface area contributed by atoms with E-state index in [1.165, 1.54) is 6.08 Å². The van der Waals surface area contributed by atoms with E-state index in [9.17, 15) is 4.79 Å². The van der Waals surface area contributed by atoms with Gasteiger partial charge in [-0.25, -0.2) is 4.85 Å². The maximum Gasteiger partial charge on any atom is 0.246 e. The van der Waals surface area contributed by atoms with Crippen LogP contribution in [0.3, 0.4) is 0 Å². The van der Waals surface area contributed by atoms with Gasteiger partial charge in [-0.3, -0.25) is 4.79 Å². The van der Waals surface area contributed by atoms with Gasteiger partial charge in [-0.15, -0.1) is 0 Å². The summed E-state index contributed by atoms with van der Waals surface area (Å²) in [5.41, 5.74) is 2.47. The predicted octanol–water partition coefficient (Wildman–Crippen LogP) is 3.13. The van der Waals surface area contributed by atoms with Gasteiger partial charge in [0.15, 0.2) is 5.69 Å². The molecule has 1 N–H and O–H groups in total. The molecule has 20 heavy (non-hydrogen) atoms. The molecule has 1 aliphatic rings. The van der Waals surface area contributed by atoms with Crippen molar-refractivity contribution >= 4 is 17.3 Å². The van der Waals surface area contributed by atoms with Gasteiger partial charge in [-0.2, -0.15) is 0 Å². The van der Waals surface area contributed by atoms with Gasteiger partial charge in [0, 0.05) is 18.8 Å². The topological polar surface area (TPSA) is 36.7 Å². The molecule has 0 aliphatic carbocycles. The van der Waals surface area contributed by atoms with Crippen molar-refractivity contribution in [2.24, 2.45) is 0 Å². The molecule has 2 rings (SSSR count). The Morgan fingerprint density at radius 3 is 2.95 bits per heavy atom. The number of benzene rings is 1. The maximum atomic E-state index is 11.6. The smallest absolute Gasteiger partial charge is 0.246 e. The van der Waals surface area contributed by atoms with Gasteiger partial charge in [-0.05, 0) is 38.5 Å². The Bertz CT molecular complexity index is 588. The van der Waals surface area contributed by atoms with E-state index in [4.69, 9.17) is 6.57 Å². The molecule has 1 unspecified atom stereocenters. The number of nitrogens with zero attached hydrogens (tertiary/aromatic N) is 2. The molecule has 1 saturated heterocycles. The molecule has 4 heteroatoms. The zero-order chi connectivity index (χ0) is 14.8. The summed E-state index contributed by atoms with van der Waals surface area (Å²) in [5.74, 6) is -0.0263. The lowest BCUT2D eigenvalue weighted by Gasteiger charge is -2.27. The Morgan fingerprint density at radius 2 is 2.30 bits per heavy atom. The van der Waals surface area contributed by atoms with Gasteiger partial charge in [0.05, 0.1) is 12.1 Å². The van der Waals surface area contributed by atoms with Gasteiger partial charge in [-0.1, -0.05) is 18.2 Å². The van der Waals surface area contributed by atoms with E-state index >= 15 is 0 Å². The second kappa shape index (κ2) is 5.38. The number of nitrogens with one attached hydrogen (secondary N) is 1. The van der Waals surface area contributed by atoms with Crippen LogP contribution in [-0.4, -0.2) is 29.4 Å². The first kappa shape index (κ1) is 14.1. The van der Waals surface area contributed by atoms with Crippen molar-refractivity contribution in [3.05, 3.63) is 47.8 Å². The number of amides is 1. The van der Waals surface area contributed by atoms with Crippen molar-refractivity contribution in [3.8, 4) is 0 Å². The van der Waals surface area contributed by atoms with Crippen LogP contribution in [0.1, 0.15) is 18.9 Å². The van der Waals surface area contributed by atoms with E-state index in [2.05, 4.69) is 23.7 Å². The first-order valence-corrected chi connectivity index (χ1v) is 6.64. The molecule has 1 aromatic rings. The first-order valence-electron chi connectivity index (χ1n) is 6.64. The Hall–Kier alpha value is -2.28. The molecule has 0 aromatic heterocycles. The van der Waals surface area contributed by atoms with E-state index in [0.29, 0.717) is 12.2 Å². The molecule has 1 heterocycles. The van der Waals surface area contributed by atoms with E-state index < -0.39 is 0 Å². The van der Waals surface area contributed by atoms with E-state index in [1.807, 2.05) is 25.1 Å². The summed E-state index contributed by atoms with van der Waals surface area (Å²) in [6.07, 6.45) is 2.24. The maximum absolute atomic E-state index is 11.6. The summed E-state index contributed by atoms with van der Waals surface area (Å²) in [6, 6.07) is 5.74. The molecule has 0 radical (unpaired) electrons. The Labute approximate surface area is 119 Å². The molecule has 4 nitrogen and oxygen atoms in total. The quantitative estimate of drug-likeness (QED) is 0.676. The number of likely N-dealkylation sites (tertiary alicyclic amines) is 1. The lowest BCUT2D eigenvalue weighted by molar-refractivity contribution is -0.125. The van der Waals surface area contributed by atoms with Gasteiger partial charge in [0.25, 0.3) is 0 Å². The fraction of sp³-hybridized carbons (Fsp3) is 0.375. The molecular weight excluding hydrogens is 250 g/mol. The summed E-state index contributed by atoms with van der Waals surface area (Å²) in [4.78, 5) is 16.9. The van der Waals surface area contributed by atoms with Crippen LogP contribution >= 0.6 is 0 Å². The molecule has 0 saturated carbocycles. The highest BCUT2D eigenvalue weighted by Crippen LogP contribution is 2.28. The number of anilines is 1. The highest BCUT2D eigenvalue weighted by Gasteiger charge is 2.35. The van der Waals surface area contributed by atoms with Crippen LogP contribution in [-0.2, 0) is 4.79 Å². The largest absolute Gasteiger partial charge is 0.379 e. The van der Waals surface area contributed by atoms with Crippen LogP contribution < -0.4 is 5.32 Å². The number of carbonyl (C=O) groups excluding carboxylic acids is 1. The second-order valence-electron chi connectivity index (χ2n) is 5.57. The zero-order valence-corrected chi connectivity index (χ0v) is 11.9. The van der Waals surface area contributed by atoms with Gasteiger partial charge in [0.2, 0.25) is 5.91 Å². The summed E-state index contributed by atoms with van der Waals surface area (Å²) >= 11 is 0. The van der Waals surface area contributed by atoms with Crippen LogP contribution in [0.25, 0.3) is 4.85 Å². The Morgan fingerprint density at radius 1 is 1.55 bits per heavy atom. The molecule has 1 atom stereocenters. The van der Waals surface area contributed by atoms with Crippen LogP contribution in [0.5, 0.6) is 0 Å². The lowest BCUT2D eigenvalue weighted by Crippen LogP contribution is -2.39. The van der Waals surface area contributed by atoms with Crippen LogP contribution in [0, 0.1) is 13.5 Å². The van der Waals surface area contributed by atoms with E-state index in [-0.39, 0.29) is 11.4 Å². The van der Waals surface area contributed by atoms with Gasteiger partial charge >= 0.3 is 0 Å². The van der Waals surface area contributed by atoms with Crippen molar-refractivity contribution in [1.29, 1.82) is 0 Å². The summed E-state index contributed by atoms with van der Waals surface area (Å²) in [7, 11) is 0. The number of aryl methyl sites for hydroxylation is 1. The summed E-state index contributed by atoms with van der Waals surface area (Å²) < 4.78 is 0. The predicted molar refractivity (Wildman–Crippen MR) is 80.9 cm³/mol. The molecule has 1 amide bonds. The zero-order valence-electron chi connectivity index (χ0n) is 11.9. The van der Waals surface area contributed by atoms with Crippen molar-refractivity contribution < 1.29 is 4.79 Å². The fourth-order valence-corrected chi connectivity index (χ4v) is 2.63. The molecule has 0 bridgehead atoms. The third kappa shape index (κ3) is 3.00. The van der Waals surface area contributed by atoms with E-state index in [1.54, 1.807) is 4.90 Å². The molecule has 1 aliphatic heterocycles. The third-order valence-corrected chi connectivity index (χ3v) is 3.60. The third-order valence-electron chi connectivity index (χ3n) is 3.60. The second-order valence-corrected chi connectivity index (χ2v) is 5.57. The molecule has 0 spiro atoms. The number of carbonyl (C=O) groups is 1. The Balaban J connectivity index is 2.14. The van der Waals surface area contributed by atoms with Crippen molar-refractivity contribution in [3.63, 3.8) is 0 Å². The van der Waals surface area contributed by atoms with Crippen LogP contribution in [0.4, 0.5) is 11.4 Å². The van der Waals surface area contributed by atoms with Crippen molar-refractivity contribution in [2.45, 2.75) is 25.8 Å². The average molecular weight is 269 g/mol. The summed E-state index contributed by atoms with van der Waals surface area (Å²) in [6.45, 7) is 16.1. The van der Waals surface area contributed by atoms with Crippen molar-refractivity contribution in [1.82, 2.24) is 4.90 Å².